The van der Waals surface area contributed by atoms with Crippen LogP contribution < -0.4 is 24.3 Å². The highest BCUT2D eigenvalue weighted by molar-refractivity contribution is 6.35. The van der Waals surface area contributed by atoms with E-state index >= 15 is 0 Å². The quantitative estimate of drug-likeness (QED) is 0.324. The Balaban J connectivity index is 2.32. The maximum absolute atomic E-state index is 12.8. The summed E-state index contributed by atoms with van der Waals surface area (Å²) in [4.78, 5) is 25.0. The summed E-state index contributed by atoms with van der Waals surface area (Å²) in [6, 6.07) is 4.70. The molecule has 0 spiro atoms. The largest absolute Gasteiger partial charge is 0.493 e. The molecule has 33 heavy (non-hydrogen) atoms. The van der Waals surface area contributed by atoms with Gasteiger partial charge < -0.3 is 24.3 Å². The van der Waals surface area contributed by atoms with E-state index in [0.717, 1.165) is 0 Å². The number of ketones is 1. The Morgan fingerprint density at radius 3 is 2.21 bits per heavy atom. The van der Waals surface area contributed by atoms with Crippen LogP contribution in [0, 0.1) is 0 Å². The molecule has 0 saturated carbocycles. The third-order valence-electron chi connectivity index (χ3n) is 4.27. The van der Waals surface area contributed by atoms with Crippen molar-refractivity contribution in [3.63, 3.8) is 0 Å². The van der Waals surface area contributed by atoms with Crippen LogP contribution >= 0.6 is 23.2 Å². The third-order valence-corrected chi connectivity index (χ3v) is 4.95. The Morgan fingerprint density at radius 1 is 1.00 bits per heavy atom. The maximum atomic E-state index is 12.8. The number of hydrogen-bond acceptors (Lipinski definition) is 8. The van der Waals surface area contributed by atoms with Gasteiger partial charge in [0.2, 0.25) is 6.04 Å². The molecule has 0 aliphatic heterocycles. The number of halogens is 2. The summed E-state index contributed by atoms with van der Waals surface area (Å²) in [5.41, 5.74) is 0.435. The maximum Gasteiger partial charge on any atom is 0.258 e. The molecule has 0 aromatic heterocycles. The van der Waals surface area contributed by atoms with Crippen LogP contribution in [0.25, 0.3) is 0 Å². The fourth-order valence-electron chi connectivity index (χ4n) is 2.74. The Kier molecular flexibility index (Phi) is 9.74. The van der Waals surface area contributed by atoms with Gasteiger partial charge in [-0.05, 0) is 32.9 Å². The van der Waals surface area contributed by atoms with Gasteiger partial charge in [0.15, 0.2) is 28.8 Å². The fraction of sp³-hybridized carbons (Fsp3) is 0.364. The second-order valence-electron chi connectivity index (χ2n) is 6.50. The minimum Gasteiger partial charge on any atom is -0.493 e. The number of amides is 1. The van der Waals surface area contributed by atoms with E-state index in [1.54, 1.807) is 19.1 Å². The molecule has 11 heteroatoms. The summed E-state index contributed by atoms with van der Waals surface area (Å²) in [5.74, 6) is 0.239. The normalized spacial score (nSPS) is 11.7. The number of ether oxygens (including phenoxy) is 4. The molecule has 2 rings (SSSR count). The van der Waals surface area contributed by atoms with Gasteiger partial charge >= 0.3 is 0 Å². The van der Waals surface area contributed by atoms with Gasteiger partial charge in [-0.3, -0.25) is 9.59 Å². The number of methoxy groups -OCH3 is 2. The van der Waals surface area contributed by atoms with Crippen molar-refractivity contribution >= 4 is 46.3 Å². The Labute approximate surface area is 202 Å². The van der Waals surface area contributed by atoms with Gasteiger partial charge in [-0.2, -0.15) is 10.2 Å². The molecule has 2 aromatic rings. The van der Waals surface area contributed by atoms with Gasteiger partial charge in [-0.1, -0.05) is 23.2 Å². The number of hydrogen-bond donors (Lipinski definition) is 1. The van der Waals surface area contributed by atoms with Crippen molar-refractivity contribution in [2.75, 3.05) is 32.8 Å². The van der Waals surface area contributed by atoms with Gasteiger partial charge in [-0.15, -0.1) is 0 Å². The SMILES string of the molecule is CCOc1ccc(NC(=O)C(N=Nc2cc(OC)c(OC)cc2Cl)C(C)=O)c(Cl)c1OCC. The molecular formula is C22H25Cl2N3O6. The van der Waals surface area contributed by atoms with Crippen LogP contribution in [0.1, 0.15) is 20.8 Å². The lowest BCUT2D eigenvalue weighted by Gasteiger charge is -2.16. The van der Waals surface area contributed by atoms with Crippen LogP contribution in [0.15, 0.2) is 34.5 Å². The number of Topliss-reactive ketones (excluding diaryl/α,β-unsaturated/α-hetero) is 1. The zero-order valence-electron chi connectivity index (χ0n) is 18.9. The zero-order chi connectivity index (χ0) is 24.5. The molecule has 2 aromatic carbocycles. The van der Waals surface area contributed by atoms with Crippen molar-refractivity contribution in [2.45, 2.75) is 26.8 Å². The van der Waals surface area contributed by atoms with Crippen LogP contribution in [0.5, 0.6) is 23.0 Å². The van der Waals surface area contributed by atoms with Crippen molar-refractivity contribution < 1.29 is 28.5 Å². The van der Waals surface area contributed by atoms with Crippen molar-refractivity contribution in [2.24, 2.45) is 10.2 Å². The minimum atomic E-state index is -1.44. The minimum absolute atomic E-state index is 0.137. The first-order valence-electron chi connectivity index (χ1n) is 9.99. The molecule has 0 bridgehead atoms. The predicted octanol–water partition coefficient (Wildman–Crippen LogP) is 5.49. The molecule has 0 heterocycles. The molecule has 0 aliphatic rings. The molecule has 0 aliphatic carbocycles. The van der Waals surface area contributed by atoms with Gasteiger partial charge in [0.1, 0.15) is 10.7 Å². The lowest BCUT2D eigenvalue weighted by molar-refractivity contribution is -0.126. The second kappa shape index (κ2) is 12.3. The molecule has 1 amide bonds. The zero-order valence-corrected chi connectivity index (χ0v) is 20.4. The van der Waals surface area contributed by atoms with E-state index < -0.39 is 17.7 Å². The highest BCUT2D eigenvalue weighted by atomic mass is 35.5. The molecule has 1 N–H and O–H groups in total. The van der Waals surface area contributed by atoms with E-state index in [9.17, 15) is 9.59 Å². The highest BCUT2D eigenvalue weighted by Crippen LogP contribution is 2.41. The smallest absolute Gasteiger partial charge is 0.258 e. The van der Waals surface area contributed by atoms with Crippen molar-refractivity contribution in [1.82, 2.24) is 0 Å². The molecule has 0 fully saturated rings. The number of rotatable bonds is 11. The van der Waals surface area contributed by atoms with Crippen molar-refractivity contribution in [1.29, 1.82) is 0 Å². The van der Waals surface area contributed by atoms with Crippen LogP contribution in [0.4, 0.5) is 11.4 Å². The van der Waals surface area contributed by atoms with Gasteiger partial charge in [0.05, 0.1) is 38.1 Å². The summed E-state index contributed by atoms with van der Waals surface area (Å²) < 4.78 is 21.5. The van der Waals surface area contributed by atoms with E-state index in [1.165, 1.54) is 33.3 Å². The summed E-state index contributed by atoms with van der Waals surface area (Å²) in [7, 11) is 2.92. The molecule has 178 valence electrons. The Bertz CT molecular complexity index is 1050. The molecule has 9 nitrogen and oxygen atoms in total. The molecule has 0 radical (unpaired) electrons. The number of nitrogens with one attached hydrogen (secondary N) is 1. The van der Waals surface area contributed by atoms with Crippen LogP contribution in [-0.4, -0.2) is 45.2 Å². The first-order chi connectivity index (χ1) is 15.8. The van der Waals surface area contributed by atoms with E-state index in [1.807, 2.05) is 6.92 Å². The van der Waals surface area contributed by atoms with Gasteiger partial charge in [0, 0.05) is 12.1 Å². The molecule has 1 unspecified atom stereocenters. The fourth-order valence-corrected chi connectivity index (χ4v) is 3.19. The van der Waals surface area contributed by atoms with Crippen LogP contribution in [-0.2, 0) is 9.59 Å². The average Bonchev–Trinajstić information content (AvgIpc) is 2.78. The lowest BCUT2D eigenvalue weighted by Crippen LogP contribution is -2.32. The van der Waals surface area contributed by atoms with Crippen LogP contribution in [0.3, 0.4) is 0 Å². The summed E-state index contributed by atoms with van der Waals surface area (Å²) in [6.07, 6.45) is 0. The topological polar surface area (TPSA) is 108 Å². The Hall–Kier alpha value is -3.04. The molecular weight excluding hydrogens is 473 g/mol. The summed E-state index contributed by atoms with van der Waals surface area (Å²) in [5, 5.41) is 10.8. The van der Waals surface area contributed by atoms with E-state index in [2.05, 4.69) is 15.5 Å². The van der Waals surface area contributed by atoms with Gasteiger partial charge in [-0.25, -0.2) is 0 Å². The first kappa shape index (κ1) is 26.2. The molecule has 1 atom stereocenters. The standard InChI is InChI=1S/C22H25Cl2N3O6/c1-6-32-16-9-8-14(19(24)21(16)33-7-2)25-22(29)20(12(3)28)27-26-15-11-18(31-5)17(30-4)10-13(15)23/h8-11,20H,6-7H2,1-5H3,(H,25,29). The monoisotopic (exact) mass is 497 g/mol. The van der Waals surface area contributed by atoms with Crippen molar-refractivity contribution in [3.8, 4) is 23.0 Å². The number of nitrogens with zero attached hydrogens (tertiary/aromatic N) is 2. The summed E-state index contributed by atoms with van der Waals surface area (Å²) in [6.45, 7) is 5.60. The van der Waals surface area contributed by atoms with E-state index in [-0.39, 0.29) is 27.2 Å². The van der Waals surface area contributed by atoms with Crippen molar-refractivity contribution in [3.05, 3.63) is 34.3 Å². The number of benzene rings is 2. The van der Waals surface area contributed by atoms with E-state index in [0.29, 0.717) is 30.5 Å². The number of carbonyl (C=O) groups is 2. The first-order valence-corrected chi connectivity index (χ1v) is 10.7. The number of anilines is 1. The Morgan fingerprint density at radius 2 is 1.64 bits per heavy atom. The molecule has 0 saturated heterocycles. The average molecular weight is 498 g/mol. The number of carbonyl (C=O) groups excluding carboxylic acids is 2. The predicted molar refractivity (Wildman–Crippen MR) is 126 cm³/mol. The lowest BCUT2D eigenvalue weighted by atomic mass is 10.2. The van der Waals surface area contributed by atoms with Gasteiger partial charge in [0.25, 0.3) is 5.91 Å². The number of azo groups is 1. The second-order valence-corrected chi connectivity index (χ2v) is 7.28. The van der Waals surface area contributed by atoms with E-state index in [4.69, 9.17) is 42.1 Å². The van der Waals surface area contributed by atoms with Crippen LogP contribution in [0.2, 0.25) is 10.0 Å². The highest BCUT2D eigenvalue weighted by Gasteiger charge is 2.25. The third kappa shape index (κ3) is 6.49. The summed E-state index contributed by atoms with van der Waals surface area (Å²) >= 11 is 12.6.